The average molecular weight is 371 g/mol. The summed E-state index contributed by atoms with van der Waals surface area (Å²) < 4.78 is 5.18. The van der Waals surface area contributed by atoms with E-state index >= 15 is 0 Å². The zero-order valence-corrected chi connectivity index (χ0v) is 15.2. The van der Waals surface area contributed by atoms with Gasteiger partial charge in [-0.15, -0.1) is 0 Å². The number of halogens is 1. The SMILES string of the molecule is COc1ccc(N2CCN(C(=O)Nc3ccccc3C#N)CC2)cc1Cl. The van der Waals surface area contributed by atoms with Crippen molar-refractivity contribution in [3.63, 3.8) is 0 Å². The van der Waals surface area contributed by atoms with Gasteiger partial charge in [-0.2, -0.15) is 5.26 Å². The topological polar surface area (TPSA) is 68.6 Å². The van der Waals surface area contributed by atoms with Gasteiger partial charge in [-0.3, -0.25) is 0 Å². The van der Waals surface area contributed by atoms with Gasteiger partial charge in [-0.25, -0.2) is 4.79 Å². The quantitative estimate of drug-likeness (QED) is 0.896. The van der Waals surface area contributed by atoms with Gasteiger partial charge in [0.15, 0.2) is 0 Å². The van der Waals surface area contributed by atoms with Gasteiger partial charge in [0, 0.05) is 31.9 Å². The van der Waals surface area contributed by atoms with Gasteiger partial charge in [0.05, 0.1) is 23.4 Å². The highest BCUT2D eigenvalue weighted by atomic mass is 35.5. The zero-order valence-electron chi connectivity index (χ0n) is 14.4. The fraction of sp³-hybridized carbons (Fsp3) is 0.263. The third-order valence-electron chi connectivity index (χ3n) is 4.36. The van der Waals surface area contributed by atoms with Crippen molar-refractivity contribution in [3.05, 3.63) is 53.1 Å². The Kier molecular flexibility index (Phi) is 5.49. The van der Waals surface area contributed by atoms with Crippen molar-refractivity contribution in [2.45, 2.75) is 0 Å². The molecule has 2 amide bonds. The Hall–Kier alpha value is -2.91. The van der Waals surface area contributed by atoms with Crippen molar-refractivity contribution in [1.82, 2.24) is 4.90 Å². The number of carbonyl (C=O) groups excluding carboxylic acids is 1. The van der Waals surface area contributed by atoms with Crippen LogP contribution in [0.2, 0.25) is 5.02 Å². The van der Waals surface area contributed by atoms with Crippen molar-refractivity contribution in [3.8, 4) is 11.8 Å². The molecule has 0 unspecified atom stereocenters. The molecule has 7 heteroatoms. The lowest BCUT2D eigenvalue weighted by Gasteiger charge is -2.36. The van der Waals surface area contributed by atoms with Crippen LogP contribution in [-0.4, -0.2) is 44.2 Å². The number of anilines is 2. The monoisotopic (exact) mass is 370 g/mol. The zero-order chi connectivity index (χ0) is 18.5. The Morgan fingerprint density at radius 2 is 1.92 bits per heavy atom. The minimum atomic E-state index is -0.194. The number of methoxy groups -OCH3 is 1. The molecule has 1 N–H and O–H groups in total. The summed E-state index contributed by atoms with van der Waals surface area (Å²) >= 11 is 6.19. The van der Waals surface area contributed by atoms with Crippen LogP contribution in [-0.2, 0) is 0 Å². The van der Waals surface area contributed by atoms with Crippen molar-refractivity contribution in [2.75, 3.05) is 43.5 Å². The first-order valence-electron chi connectivity index (χ1n) is 8.26. The lowest BCUT2D eigenvalue weighted by Crippen LogP contribution is -2.50. The molecule has 1 aliphatic heterocycles. The largest absolute Gasteiger partial charge is 0.495 e. The summed E-state index contributed by atoms with van der Waals surface area (Å²) in [6.45, 7) is 2.58. The molecule has 0 aliphatic carbocycles. The minimum Gasteiger partial charge on any atom is -0.495 e. The summed E-state index contributed by atoms with van der Waals surface area (Å²) in [6.07, 6.45) is 0. The minimum absolute atomic E-state index is 0.194. The molecule has 0 radical (unpaired) electrons. The first-order valence-corrected chi connectivity index (χ1v) is 8.63. The van der Waals surface area contributed by atoms with E-state index in [1.165, 1.54) is 0 Å². The van der Waals surface area contributed by atoms with Crippen LogP contribution in [0.1, 0.15) is 5.56 Å². The highest BCUT2D eigenvalue weighted by molar-refractivity contribution is 6.32. The molecule has 2 aromatic rings. The summed E-state index contributed by atoms with van der Waals surface area (Å²) in [5, 5.41) is 12.5. The number of nitriles is 1. The van der Waals surface area contributed by atoms with Crippen molar-refractivity contribution >= 4 is 29.0 Å². The molecule has 2 aromatic carbocycles. The Morgan fingerprint density at radius 3 is 2.58 bits per heavy atom. The molecule has 0 atom stereocenters. The van der Waals surface area contributed by atoms with Gasteiger partial charge >= 0.3 is 6.03 Å². The van der Waals surface area contributed by atoms with E-state index in [1.54, 1.807) is 36.3 Å². The van der Waals surface area contributed by atoms with Crippen LogP contribution >= 0.6 is 11.6 Å². The number of nitrogens with one attached hydrogen (secondary N) is 1. The van der Waals surface area contributed by atoms with Gasteiger partial charge in [-0.05, 0) is 30.3 Å². The number of para-hydroxylation sites is 1. The number of piperazine rings is 1. The molecule has 134 valence electrons. The number of hydrogen-bond donors (Lipinski definition) is 1. The number of rotatable bonds is 3. The van der Waals surface area contributed by atoms with E-state index < -0.39 is 0 Å². The van der Waals surface area contributed by atoms with Gasteiger partial charge < -0.3 is 19.9 Å². The third-order valence-corrected chi connectivity index (χ3v) is 4.65. The normalized spacial score (nSPS) is 13.9. The molecule has 1 fully saturated rings. The van der Waals surface area contributed by atoms with Gasteiger partial charge in [0.2, 0.25) is 0 Å². The number of ether oxygens (including phenoxy) is 1. The second-order valence-corrected chi connectivity index (χ2v) is 6.29. The summed E-state index contributed by atoms with van der Waals surface area (Å²) in [4.78, 5) is 16.4. The smallest absolute Gasteiger partial charge is 0.322 e. The summed E-state index contributed by atoms with van der Waals surface area (Å²) in [7, 11) is 1.59. The second-order valence-electron chi connectivity index (χ2n) is 5.88. The Morgan fingerprint density at radius 1 is 1.19 bits per heavy atom. The number of amides is 2. The van der Waals surface area contributed by atoms with E-state index in [-0.39, 0.29) is 6.03 Å². The lowest BCUT2D eigenvalue weighted by atomic mass is 10.2. The maximum absolute atomic E-state index is 12.5. The predicted octanol–water partition coefficient (Wildman–Crippen LogP) is 3.57. The molecule has 1 aliphatic rings. The van der Waals surface area contributed by atoms with E-state index in [1.807, 2.05) is 18.2 Å². The second kappa shape index (κ2) is 7.98. The summed E-state index contributed by atoms with van der Waals surface area (Å²) in [6, 6.07) is 14.5. The van der Waals surface area contributed by atoms with E-state index in [4.69, 9.17) is 21.6 Å². The van der Waals surface area contributed by atoms with E-state index in [2.05, 4.69) is 16.3 Å². The molecule has 6 nitrogen and oxygen atoms in total. The summed E-state index contributed by atoms with van der Waals surface area (Å²) in [5.74, 6) is 0.643. The molecule has 26 heavy (non-hydrogen) atoms. The number of hydrogen-bond acceptors (Lipinski definition) is 4. The maximum atomic E-state index is 12.5. The van der Waals surface area contributed by atoms with Crippen LogP contribution in [0.3, 0.4) is 0 Å². The van der Waals surface area contributed by atoms with Crippen LogP contribution in [0.15, 0.2) is 42.5 Å². The number of nitrogens with zero attached hydrogens (tertiary/aromatic N) is 3. The highest BCUT2D eigenvalue weighted by Gasteiger charge is 2.22. The molecule has 0 saturated carbocycles. The van der Waals surface area contributed by atoms with Crippen LogP contribution < -0.4 is 15.0 Å². The Labute approximate surface area is 157 Å². The Bertz CT molecular complexity index is 842. The highest BCUT2D eigenvalue weighted by Crippen LogP contribution is 2.29. The third kappa shape index (κ3) is 3.84. The number of urea groups is 1. The van der Waals surface area contributed by atoms with Gasteiger partial charge in [-0.1, -0.05) is 23.7 Å². The van der Waals surface area contributed by atoms with E-state index in [0.717, 1.165) is 5.69 Å². The molecule has 1 heterocycles. The van der Waals surface area contributed by atoms with E-state index in [0.29, 0.717) is 48.2 Å². The summed E-state index contributed by atoms with van der Waals surface area (Å²) in [5.41, 5.74) is 1.99. The number of carbonyl (C=O) groups is 1. The first-order chi connectivity index (χ1) is 12.6. The van der Waals surface area contributed by atoms with Crippen LogP contribution in [0.25, 0.3) is 0 Å². The van der Waals surface area contributed by atoms with Crippen LogP contribution in [0.4, 0.5) is 16.2 Å². The first kappa shape index (κ1) is 17.9. The molecule has 0 spiro atoms. The standard InChI is InChI=1S/C19H19ClN4O2/c1-26-18-7-6-15(12-16(18)20)23-8-10-24(11-9-23)19(25)22-17-5-3-2-4-14(17)13-21/h2-7,12H,8-11H2,1H3,(H,22,25). The molecule has 3 rings (SSSR count). The fourth-order valence-corrected chi connectivity index (χ4v) is 3.16. The van der Waals surface area contributed by atoms with Crippen LogP contribution in [0.5, 0.6) is 5.75 Å². The molecule has 0 bridgehead atoms. The van der Waals surface area contributed by atoms with Gasteiger partial charge in [0.1, 0.15) is 11.8 Å². The number of benzene rings is 2. The fourth-order valence-electron chi connectivity index (χ4n) is 2.90. The predicted molar refractivity (Wildman–Crippen MR) is 102 cm³/mol. The van der Waals surface area contributed by atoms with Crippen molar-refractivity contribution in [2.24, 2.45) is 0 Å². The van der Waals surface area contributed by atoms with Crippen LogP contribution in [0, 0.1) is 11.3 Å². The van der Waals surface area contributed by atoms with Crippen molar-refractivity contribution in [1.29, 1.82) is 5.26 Å². The molecule has 0 aromatic heterocycles. The Balaban J connectivity index is 1.60. The average Bonchev–Trinajstić information content (AvgIpc) is 2.68. The maximum Gasteiger partial charge on any atom is 0.322 e. The molecular formula is C19H19ClN4O2. The van der Waals surface area contributed by atoms with E-state index in [9.17, 15) is 4.79 Å². The lowest BCUT2D eigenvalue weighted by molar-refractivity contribution is 0.208. The molecule has 1 saturated heterocycles. The van der Waals surface area contributed by atoms with Crippen molar-refractivity contribution < 1.29 is 9.53 Å². The van der Waals surface area contributed by atoms with Gasteiger partial charge in [0.25, 0.3) is 0 Å². The molecular weight excluding hydrogens is 352 g/mol.